The van der Waals surface area contributed by atoms with Gasteiger partial charge in [0, 0.05) is 12.7 Å². The van der Waals surface area contributed by atoms with Crippen LogP contribution in [0, 0.1) is 5.92 Å². The van der Waals surface area contributed by atoms with Crippen molar-refractivity contribution in [2.45, 2.75) is 12.8 Å². The predicted molar refractivity (Wildman–Crippen MR) is 79.4 cm³/mol. The molecule has 1 saturated heterocycles. The highest BCUT2D eigenvalue weighted by molar-refractivity contribution is 9.10. The van der Waals surface area contributed by atoms with Gasteiger partial charge in [-0.1, -0.05) is 0 Å². The summed E-state index contributed by atoms with van der Waals surface area (Å²) in [6.07, 6.45) is 4.41. The third-order valence-corrected chi connectivity index (χ3v) is 4.32. The standard InChI is InChI=1S/C13H18BrN5/c1-18-7-4-10(5-8-18)9-15-13-16-12-11(14)3-2-6-19(12)17-13/h2-3,6,10H,4-5,7-9H2,1H3,(H,15,17). The van der Waals surface area contributed by atoms with Crippen LogP contribution in [-0.4, -0.2) is 46.2 Å². The highest BCUT2D eigenvalue weighted by Crippen LogP contribution is 2.19. The number of anilines is 1. The van der Waals surface area contributed by atoms with Crippen LogP contribution in [0.3, 0.4) is 0 Å². The minimum Gasteiger partial charge on any atom is -0.353 e. The van der Waals surface area contributed by atoms with E-state index < -0.39 is 0 Å². The number of nitrogens with one attached hydrogen (secondary N) is 1. The normalized spacial score (nSPS) is 18.0. The summed E-state index contributed by atoms with van der Waals surface area (Å²) in [4.78, 5) is 6.88. The van der Waals surface area contributed by atoms with E-state index in [1.54, 1.807) is 4.52 Å². The molecule has 2 aromatic rings. The zero-order valence-corrected chi connectivity index (χ0v) is 12.6. The van der Waals surface area contributed by atoms with Gasteiger partial charge in [0.15, 0.2) is 5.65 Å². The molecule has 19 heavy (non-hydrogen) atoms. The summed E-state index contributed by atoms with van der Waals surface area (Å²) in [6, 6.07) is 3.93. The van der Waals surface area contributed by atoms with Gasteiger partial charge in [0.05, 0.1) is 4.47 Å². The SMILES string of the molecule is CN1CCC(CNc2nc3c(Br)cccn3n2)CC1. The van der Waals surface area contributed by atoms with Crippen molar-refractivity contribution in [3.63, 3.8) is 0 Å². The summed E-state index contributed by atoms with van der Waals surface area (Å²) >= 11 is 3.49. The lowest BCUT2D eigenvalue weighted by Crippen LogP contribution is -2.33. The Morgan fingerprint density at radius 2 is 2.21 bits per heavy atom. The monoisotopic (exact) mass is 323 g/mol. The number of hydrogen-bond acceptors (Lipinski definition) is 4. The van der Waals surface area contributed by atoms with Crippen molar-refractivity contribution < 1.29 is 0 Å². The molecule has 0 aromatic carbocycles. The van der Waals surface area contributed by atoms with Crippen molar-refractivity contribution in [2.24, 2.45) is 5.92 Å². The Bertz CT molecular complexity index is 559. The van der Waals surface area contributed by atoms with Crippen LogP contribution in [-0.2, 0) is 0 Å². The van der Waals surface area contributed by atoms with Crippen molar-refractivity contribution in [1.29, 1.82) is 0 Å². The summed E-state index contributed by atoms with van der Waals surface area (Å²) in [5, 5.41) is 7.79. The highest BCUT2D eigenvalue weighted by Gasteiger charge is 2.17. The summed E-state index contributed by atoms with van der Waals surface area (Å²) in [5.41, 5.74) is 0.855. The van der Waals surface area contributed by atoms with Crippen molar-refractivity contribution in [2.75, 3.05) is 32.0 Å². The molecule has 6 heteroatoms. The molecule has 1 aliphatic heterocycles. The van der Waals surface area contributed by atoms with Gasteiger partial charge in [-0.25, -0.2) is 4.52 Å². The molecule has 1 fully saturated rings. The largest absolute Gasteiger partial charge is 0.353 e. The number of pyridine rings is 1. The maximum Gasteiger partial charge on any atom is 0.243 e. The quantitative estimate of drug-likeness (QED) is 0.941. The summed E-state index contributed by atoms with van der Waals surface area (Å²) in [5.74, 6) is 1.44. The van der Waals surface area contributed by atoms with Crippen LogP contribution in [0.2, 0.25) is 0 Å². The number of halogens is 1. The number of nitrogens with zero attached hydrogens (tertiary/aromatic N) is 4. The second-order valence-electron chi connectivity index (χ2n) is 5.19. The second-order valence-corrected chi connectivity index (χ2v) is 6.04. The van der Waals surface area contributed by atoms with E-state index >= 15 is 0 Å². The topological polar surface area (TPSA) is 45.5 Å². The third kappa shape index (κ3) is 2.90. The predicted octanol–water partition coefficient (Wildman–Crippen LogP) is 2.25. The second kappa shape index (κ2) is 5.46. The molecule has 0 atom stereocenters. The lowest BCUT2D eigenvalue weighted by Gasteiger charge is -2.28. The van der Waals surface area contributed by atoms with Gasteiger partial charge in [-0.3, -0.25) is 0 Å². The molecule has 0 saturated carbocycles. The molecule has 5 nitrogen and oxygen atoms in total. The van der Waals surface area contributed by atoms with Gasteiger partial charge in [0.2, 0.25) is 5.95 Å². The first-order chi connectivity index (χ1) is 9.22. The molecule has 0 unspecified atom stereocenters. The minimum atomic E-state index is 0.714. The van der Waals surface area contributed by atoms with Gasteiger partial charge < -0.3 is 10.2 Å². The maximum atomic E-state index is 4.50. The zero-order chi connectivity index (χ0) is 13.2. The molecule has 1 aliphatic rings. The molecule has 3 rings (SSSR count). The van der Waals surface area contributed by atoms with Crippen LogP contribution >= 0.6 is 15.9 Å². The van der Waals surface area contributed by atoms with Gasteiger partial charge in [0.25, 0.3) is 0 Å². The van der Waals surface area contributed by atoms with E-state index in [9.17, 15) is 0 Å². The van der Waals surface area contributed by atoms with Gasteiger partial charge in [-0.15, -0.1) is 5.10 Å². The van der Waals surface area contributed by atoms with Gasteiger partial charge in [-0.05, 0) is 67.0 Å². The molecule has 3 heterocycles. The molecule has 0 radical (unpaired) electrons. The zero-order valence-electron chi connectivity index (χ0n) is 11.0. The smallest absolute Gasteiger partial charge is 0.243 e. The van der Waals surface area contributed by atoms with Crippen LogP contribution in [0.5, 0.6) is 0 Å². The van der Waals surface area contributed by atoms with Crippen LogP contribution in [0.15, 0.2) is 22.8 Å². The molecule has 2 aromatic heterocycles. The average molecular weight is 324 g/mol. The molecule has 0 spiro atoms. The molecular weight excluding hydrogens is 306 g/mol. The van der Waals surface area contributed by atoms with Gasteiger partial charge in [-0.2, -0.15) is 4.98 Å². The van der Waals surface area contributed by atoms with Crippen LogP contribution < -0.4 is 5.32 Å². The van der Waals surface area contributed by atoms with E-state index in [-0.39, 0.29) is 0 Å². The summed E-state index contributed by atoms with van der Waals surface area (Å²) < 4.78 is 2.76. The summed E-state index contributed by atoms with van der Waals surface area (Å²) in [7, 11) is 2.19. The first-order valence-electron chi connectivity index (χ1n) is 6.65. The average Bonchev–Trinajstić information content (AvgIpc) is 2.83. The Morgan fingerprint density at radius 3 is 2.95 bits per heavy atom. The van der Waals surface area contributed by atoms with E-state index in [2.05, 4.69) is 43.3 Å². The Morgan fingerprint density at radius 1 is 1.42 bits per heavy atom. The molecule has 102 valence electrons. The number of piperidine rings is 1. The van der Waals surface area contributed by atoms with E-state index in [1.165, 1.54) is 25.9 Å². The van der Waals surface area contributed by atoms with E-state index in [4.69, 9.17) is 0 Å². The number of rotatable bonds is 3. The Hall–Kier alpha value is -1.14. The van der Waals surface area contributed by atoms with Crippen molar-refractivity contribution in [3.8, 4) is 0 Å². The van der Waals surface area contributed by atoms with Crippen LogP contribution in [0.25, 0.3) is 5.65 Å². The molecule has 0 aliphatic carbocycles. The van der Waals surface area contributed by atoms with Crippen LogP contribution in [0.4, 0.5) is 5.95 Å². The Balaban J connectivity index is 1.64. The number of likely N-dealkylation sites (tertiary alicyclic amines) is 1. The summed E-state index contributed by atoms with van der Waals surface area (Å²) in [6.45, 7) is 3.34. The van der Waals surface area contributed by atoms with E-state index in [0.717, 1.165) is 22.6 Å². The first-order valence-corrected chi connectivity index (χ1v) is 7.45. The number of fused-ring (bicyclic) bond motifs is 1. The third-order valence-electron chi connectivity index (χ3n) is 3.70. The van der Waals surface area contributed by atoms with Crippen LogP contribution in [0.1, 0.15) is 12.8 Å². The highest BCUT2D eigenvalue weighted by atomic mass is 79.9. The lowest BCUT2D eigenvalue weighted by molar-refractivity contribution is 0.226. The van der Waals surface area contributed by atoms with Gasteiger partial charge in [0.1, 0.15) is 0 Å². The number of hydrogen-bond donors (Lipinski definition) is 1. The maximum absolute atomic E-state index is 4.50. The molecule has 1 N–H and O–H groups in total. The molecule has 0 bridgehead atoms. The molecular formula is C13H18BrN5. The fourth-order valence-corrected chi connectivity index (χ4v) is 2.87. The first kappa shape index (κ1) is 12.9. The number of aromatic nitrogens is 3. The van der Waals surface area contributed by atoms with Crippen molar-refractivity contribution in [3.05, 3.63) is 22.8 Å². The lowest BCUT2D eigenvalue weighted by atomic mass is 9.97. The van der Waals surface area contributed by atoms with Crippen molar-refractivity contribution >= 4 is 27.5 Å². The van der Waals surface area contributed by atoms with E-state index in [0.29, 0.717) is 5.95 Å². The Labute approximate surface area is 121 Å². The van der Waals surface area contributed by atoms with Gasteiger partial charge >= 0.3 is 0 Å². The molecule has 0 amide bonds. The minimum absolute atomic E-state index is 0.714. The fraction of sp³-hybridized carbons (Fsp3) is 0.538. The fourth-order valence-electron chi connectivity index (χ4n) is 2.45. The van der Waals surface area contributed by atoms with E-state index in [1.807, 2.05) is 18.3 Å². The van der Waals surface area contributed by atoms with Crippen molar-refractivity contribution in [1.82, 2.24) is 19.5 Å². The Kier molecular flexibility index (Phi) is 3.70.